The lowest BCUT2D eigenvalue weighted by molar-refractivity contribution is 0.373. The minimum absolute atomic E-state index is 0.00414. The largest absolute Gasteiger partial charge is 0.504 e. The Morgan fingerprint density at radius 3 is 2.76 bits per heavy atom. The van der Waals surface area contributed by atoms with Crippen molar-refractivity contribution in [3.63, 3.8) is 0 Å². The van der Waals surface area contributed by atoms with Gasteiger partial charge in [0, 0.05) is 21.3 Å². The second kappa shape index (κ2) is 8.06. The van der Waals surface area contributed by atoms with Crippen molar-refractivity contribution in [1.29, 1.82) is 0 Å². The Kier molecular flexibility index (Phi) is 5.50. The molecule has 0 radical (unpaired) electrons. The van der Waals surface area contributed by atoms with E-state index in [0.29, 0.717) is 49.6 Å². The van der Waals surface area contributed by atoms with Gasteiger partial charge in [0.1, 0.15) is 5.52 Å². The van der Waals surface area contributed by atoms with E-state index in [4.69, 9.17) is 32.4 Å². The third-order valence-corrected chi connectivity index (χ3v) is 5.19. The predicted molar refractivity (Wildman–Crippen MR) is 119 cm³/mol. The zero-order valence-corrected chi connectivity index (χ0v) is 18.1. The summed E-state index contributed by atoms with van der Waals surface area (Å²) >= 11 is 15.8. The molecule has 4 rings (SSSR count). The Labute approximate surface area is 184 Å². The first kappa shape index (κ1) is 19.8. The molecule has 1 heterocycles. The lowest BCUT2D eigenvalue weighted by Crippen LogP contribution is -1.89. The predicted octanol–water partition coefficient (Wildman–Crippen LogP) is 7.03. The molecular formula is C21H13BrCl2N2O3. The van der Waals surface area contributed by atoms with Crippen LogP contribution in [0.25, 0.3) is 22.6 Å². The van der Waals surface area contributed by atoms with E-state index in [0.717, 1.165) is 4.47 Å². The first-order valence-electron chi connectivity index (χ1n) is 8.41. The summed E-state index contributed by atoms with van der Waals surface area (Å²) < 4.78 is 11.7. The summed E-state index contributed by atoms with van der Waals surface area (Å²) in [7, 11) is 1.49. The van der Waals surface area contributed by atoms with Crippen LogP contribution < -0.4 is 4.74 Å². The zero-order valence-electron chi connectivity index (χ0n) is 15.0. The van der Waals surface area contributed by atoms with Crippen molar-refractivity contribution in [3.05, 3.63) is 68.6 Å². The Balaban J connectivity index is 1.72. The van der Waals surface area contributed by atoms with Crippen molar-refractivity contribution in [3.8, 4) is 23.0 Å². The molecule has 3 aromatic carbocycles. The minimum Gasteiger partial charge on any atom is -0.504 e. The molecule has 0 saturated carbocycles. The highest BCUT2D eigenvalue weighted by Gasteiger charge is 2.13. The molecular weight excluding hydrogens is 479 g/mol. The molecule has 5 nitrogen and oxygen atoms in total. The van der Waals surface area contributed by atoms with Gasteiger partial charge >= 0.3 is 0 Å². The second-order valence-electron chi connectivity index (χ2n) is 6.10. The molecule has 0 aliphatic rings. The summed E-state index contributed by atoms with van der Waals surface area (Å²) in [6, 6.07) is 13.9. The van der Waals surface area contributed by atoms with Crippen LogP contribution in [0.15, 0.2) is 62.4 Å². The highest BCUT2D eigenvalue weighted by atomic mass is 79.9. The first-order chi connectivity index (χ1) is 13.9. The van der Waals surface area contributed by atoms with Crippen LogP contribution in [0.2, 0.25) is 10.0 Å². The highest BCUT2D eigenvalue weighted by molar-refractivity contribution is 9.10. The smallest absolute Gasteiger partial charge is 0.228 e. The van der Waals surface area contributed by atoms with Gasteiger partial charge in [-0.05, 0) is 48.5 Å². The van der Waals surface area contributed by atoms with Crippen molar-refractivity contribution >= 4 is 62.1 Å². The van der Waals surface area contributed by atoms with E-state index < -0.39 is 0 Å². The summed E-state index contributed by atoms with van der Waals surface area (Å²) in [5.74, 6) is 0.725. The number of aliphatic imine (C=N–C) groups is 1. The molecule has 146 valence electrons. The number of oxazole rings is 1. The molecule has 0 saturated heterocycles. The van der Waals surface area contributed by atoms with Crippen molar-refractivity contribution in [2.75, 3.05) is 7.11 Å². The number of fused-ring (bicyclic) bond motifs is 1. The third kappa shape index (κ3) is 4.10. The van der Waals surface area contributed by atoms with E-state index in [1.54, 1.807) is 54.7 Å². The molecule has 1 aromatic heterocycles. The van der Waals surface area contributed by atoms with Gasteiger partial charge in [-0.1, -0.05) is 39.1 Å². The number of ether oxygens (including phenoxy) is 1. The van der Waals surface area contributed by atoms with Crippen molar-refractivity contribution in [1.82, 2.24) is 4.98 Å². The highest BCUT2D eigenvalue weighted by Crippen LogP contribution is 2.35. The standard InChI is InChI=1S/C21H13BrCl2N2O3/c1-28-19-7-12(22)6-11(20(19)27)10-25-14-3-4-16(24)15(9-14)21-26-17-8-13(23)2-5-18(17)29-21/h2-10,27H,1H3. The zero-order chi connectivity index (χ0) is 20.5. The maximum absolute atomic E-state index is 10.3. The number of phenolic OH excluding ortho intramolecular Hbond substituents is 1. The molecule has 0 spiro atoms. The van der Waals surface area contributed by atoms with E-state index in [1.165, 1.54) is 7.11 Å². The maximum Gasteiger partial charge on any atom is 0.228 e. The number of hydrogen-bond acceptors (Lipinski definition) is 5. The summed E-state index contributed by atoms with van der Waals surface area (Å²) in [6.45, 7) is 0. The summed E-state index contributed by atoms with van der Waals surface area (Å²) in [4.78, 5) is 8.90. The second-order valence-corrected chi connectivity index (χ2v) is 7.86. The van der Waals surface area contributed by atoms with Gasteiger partial charge in [-0.25, -0.2) is 4.98 Å². The molecule has 1 N–H and O–H groups in total. The molecule has 0 aliphatic heterocycles. The Morgan fingerprint density at radius 1 is 1.14 bits per heavy atom. The third-order valence-electron chi connectivity index (χ3n) is 4.17. The van der Waals surface area contributed by atoms with Crippen LogP contribution in [0.4, 0.5) is 5.69 Å². The van der Waals surface area contributed by atoms with Gasteiger partial charge < -0.3 is 14.3 Å². The molecule has 0 fully saturated rings. The molecule has 8 heteroatoms. The number of nitrogens with zero attached hydrogens (tertiary/aromatic N) is 2. The minimum atomic E-state index is 0.00414. The lowest BCUT2D eigenvalue weighted by Gasteiger charge is -2.07. The topological polar surface area (TPSA) is 67.9 Å². The number of halogens is 3. The van der Waals surface area contributed by atoms with Crippen LogP contribution in [-0.2, 0) is 0 Å². The van der Waals surface area contributed by atoms with E-state index in [1.807, 2.05) is 0 Å². The van der Waals surface area contributed by atoms with E-state index in [9.17, 15) is 5.11 Å². The number of aromatic hydroxyl groups is 1. The summed E-state index contributed by atoms with van der Waals surface area (Å²) in [6.07, 6.45) is 1.54. The van der Waals surface area contributed by atoms with Crippen molar-refractivity contribution < 1.29 is 14.3 Å². The fourth-order valence-corrected chi connectivity index (χ4v) is 3.59. The van der Waals surface area contributed by atoms with Gasteiger partial charge in [0.25, 0.3) is 0 Å². The van der Waals surface area contributed by atoms with Crippen molar-refractivity contribution in [2.45, 2.75) is 0 Å². The molecule has 0 bridgehead atoms. The molecule has 0 atom stereocenters. The number of rotatable bonds is 4. The number of aromatic nitrogens is 1. The SMILES string of the molecule is COc1cc(Br)cc(C=Nc2ccc(Cl)c(-c3nc4cc(Cl)ccc4o3)c2)c1O. The van der Waals surface area contributed by atoms with Gasteiger partial charge in [-0.15, -0.1) is 0 Å². The van der Waals surface area contributed by atoms with E-state index >= 15 is 0 Å². The first-order valence-corrected chi connectivity index (χ1v) is 9.96. The average Bonchev–Trinajstić information content (AvgIpc) is 3.12. The number of benzene rings is 3. The van der Waals surface area contributed by atoms with Gasteiger partial charge in [0.05, 0.1) is 23.4 Å². The number of methoxy groups -OCH3 is 1. The molecule has 0 unspecified atom stereocenters. The number of hydrogen-bond donors (Lipinski definition) is 1. The molecule has 29 heavy (non-hydrogen) atoms. The normalized spacial score (nSPS) is 11.4. The van der Waals surface area contributed by atoms with E-state index in [2.05, 4.69) is 25.9 Å². The summed E-state index contributed by atoms with van der Waals surface area (Å²) in [5.41, 5.74) is 2.97. The van der Waals surface area contributed by atoms with Gasteiger partial charge in [0.2, 0.25) is 5.89 Å². The van der Waals surface area contributed by atoms with Crippen LogP contribution in [0.3, 0.4) is 0 Å². The fourth-order valence-electron chi connectivity index (χ4n) is 2.77. The van der Waals surface area contributed by atoms with Crippen LogP contribution in [0.5, 0.6) is 11.5 Å². The Bertz CT molecular complexity index is 1250. The fraction of sp³-hybridized carbons (Fsp3) is 0.0476. The monoisotopic (exact) mass is 490 g/mol. The van der Waals surface area contributed by atoms with E-state index in [-0.39, 0.29) is 5.75 Å². The quantitative estimate of drug-likeness (QED) is 0.311. The Hall–Kier alpha value is -2.54. The van der Waals surface area contributed by atoms with Crippen LogP contribution in [-0.4, -0.2) is 23.4 Å². The summed E-state index contributed by atoms with van der Waals surface area (Å²) in [5, 5.41) is 11.3. The van der Waals surface area contributed by atoms with Crippen LogP contribution in [0, 0.1) is 0 Å². The average molecular weight is 492 g/mol. The van der Waals surface area contributed by atoms with Gasteiger partial charge in [-0.2, -0.15) is 0 Å². The van der Waals surface area contributed by atoms with Gasteiger partial charge in [0.15, 0.2) is 17.1 Å². The van der Waals surface area contributed by atoms with Gasteiger partial charge in [-0.3, -0.25) is 4.99 Å². The molecule has 0 amide bonds. The van der Waals surface area contributed by atoms with Crippen LogP contribution in [0.1, 0.15) is 5.56 Å². The van der Waals surface area contributed by atoms with Crippen LogP contribution >= 0.6 is 39.1 Å². The Morgan fingerprint density at radius 2 is 1.97 bits per heavy atom. The molecule has 0 aliphatic carbocycles. The molecule has 4 aromatic rings. The number of phenols is 1. The maximum atomic E-state index is 10.3. The van der Waals surface area contributed by atoms with Crippen molar-refractivity contribution in [2.24, 2.45) is 4.99 Å². The lowest BCUT2D eigenvalue weighted by atomic mass is 10.2.